The molecule has 0 saturated heterocycles. The van der Waals surface area contributed by atoms with Crippen molar-refractivity contribution in [1.29, 1.82) is 0 Å². The molecule has 2 aromatic heterocycles. The second-order valence-corrected chi connectivity index (χ2v) is 16.8. The lowest BCUT2D eigenvalue weighted by Gasteiger charge is -2.24. The fourth-order valence-electron chi connectivity index (χ4n) is 4.08. The summed E-state index contributed by atoms with van der Waals surface area (Å²) in [6.07, 6.45) is 1.78. The van der Waals surface area contributed by atoms with Crippen molar-refractivity contribution >= 4 is 91.3 Å². The molecule has 0 aliphatic carbocycles. The van der Waals surface area contributed by atoms with E-state index >= 15 is 0 Å². The van der Waals surface area contributed by atoms with Gasteiger partial charge in [0.2, 0.25) is 0 Å². The van der Waals surface area contributed by atoms with Crippen molar-refractivity contribution in [2.75, 3.05) is 30.7 Å². The van der Waals surface area contributed by atoms with Gasteiger partial charge in [0.15, 0.2) is 0 Å². The van der Waals surface area contributed by atoms with Crippen LogP contribution in [0.3, 0.4) is 0 Å². The van der Waals surface area contributed by atoms with Gasteiger partial charge in [-0.2, -0.15) is 4.31 Å². The number of methoxy groups -OCH3 is 1. The number of hydrogen-bond acceptors (Lipinski definition) is 9. The monoisotopic (exact) mass is 794 g/mol. The molecule has 17 heteroatoms. The number of aliphatic carboxylic acids is 2. The van der Waals surface area contributed by atoms with E-state index in [-0.39, 0.29) is 31.7 Å². The smallest absolute Gasteiger partial charge is 0.324 e. The number of ether oxygens (including phenoxy) is 1. The third kappa shape index (κ3) is 11.6. The molecule has 0 aliphatic heterocycles. The molecule has 4 rings (SSSR count). The molecule has 0 saturated carbocycles. The minimum atomic E-state index is -4.39. The molecule has 0 amide bonds. The van der Waals surface area contributed by atoms with Crippen LogP contribution < -0.4 is 9.04 Å². The van der Waals surface area contributed by atoms with E-state index < -0.39 is 45.1 Å². The first kappa shape index (κ1) is 44.2. The Bertz CT molecular complexity index is 1880. The Balaban J connectivity index is 0.00000160. The van der Waals surface area contributed by atoms with E-state index in [2.05, 4.69) is 16.2 Å². The fourth-order valence-corrected chi connectivity index (χ4v) is 9.80. The number of benzene rings is 2. The fraction of sp³-hybridized carbons (Fsp3) is 0.375. The Kier molecular flexibility index (Phi) is 18.8. The molecule has 0 fully saturated rings. The van der Waals surface area contributed by atoms with Gasteiger partial charge in [-0.25, -0.2) is 16.8 Å². The van der Waals surface area contributed by atoms with Gasteiger partial charge < -0.3 is 14.9 Å². The minimum Gasteiger partial charge on any atom is -0.497 e. The van der Waals surface area contributed by atoms with Crippen molar-refractivity contribution in [2.24, 2.45) is 0 Å². The van der Waals surface area contributed by atoms with Crippen molar-refractivity contribution in [2.45, 2.75) is 63.6 Å². The highest BCUT2D eigenvalue weighted by Crippen LogP contribution is 2.41. The molecule has 1 atom stereocenters. The molecule has 0 bridgehead atoms. The number of hydrogen-bond donors (Lipinski definition) is 2. The topological polar surface area (TPSA) is 159 Å². The van der Waals surface area contributed by atoms with E-state index in [9.17, 15) is 36.6 Å². The van der Waals surface area contributed by atoms with Gasteiger partial charge in [-0.05, 0) is 67.2 Å². The van der Waals surface area contributed by atoms with Gasteiger partial charge in [0.1, 0.15) is 23.0 Å². The summed E-state index contributed by atoms with van der Waals surface area (Å²) in [5.74, 6) is -2.36. The first-order valence-corrected chi connectivity index (χ1v) is 21.0. The van der Waals surface area contributed by atoms with Gasteiger partial charge in [-0.1, -0.05) is 53.1 Å². The van der Waals surface area contributed by atoms with Crippen molar-refractivity contribution < 1.29 is 41.4 Å². The second kappa shape index (κ2) is 20.8. The first-order valence-electron chi connectivity index (χ1n) is 15.3. The molecule has 4 aromatic rings. The molecular formula is C32H44ClN2O9PS4. The summed E-state index contributed by atoms with van der Waals surface area (Å²) < 4.78 is 61.1. The van der Waals surface area contributed by atoms with Crippen LogP contribution in [0.5, 0.6) is 5.75 Å². The number of carboxylic acid groups (broad SMARTS) is 2. The average Bonchev–Trinajstić information content (AvgIpc) is 3.74. The van der Waals surface area contributed by atoms with E-state index in [1.807, 2.05) is 34.6 Å². The summed E-state index contributed by atoms with van der Waals surface area (Å²) >= 11 is 8.53. The van der Waals surface area contributed by atoms with Crippen LogP contribution in [0.25, 0.3) is 10.1 Å². The van der Waals surface area contributed by atoms with Crippen molar-refractivity contribution in [3.63, 3.8) is 0 Å². The SMILES string of the molecule is CC.CC.CCP.CCc1ccc(S(=O)(=O)N(CC(=O)O)Cc2cc3c(N(CC(=O)O)S(=O)(=O)c4ccc(OC)cc4)ccc(Cl)c3s2)s1. The minimum absolute atomic E-state index is 0.00125. The average molecular weight is 795 g/mol. The predicted octanol–water partition coefficient (Wildman–Crippen LogP) is 7.68. The molecular weight excluding hydrogens is 751 g/mol. The maximum Gasteiger partial charge on any atom is 0.324 e. The molecule has 0 radical (unpaired) electrons. The van der Waals surface area contributed by atoms with Crippen LogP contribution in [-0.4, -0.2) is 69.7 Å². The summed E-state index contributed by atoms with van der Waals surface area (Å²) in [5, 5.41) is 19.6. The number of fused-ring (bicyclic) bond motifs is 1. The number of nitrogens with zero attached hydrogens (tertiary/aromatic N) is 2. The first-order chi connectivity index (χ1) is 23.2. The Morgan fingerprint density at radius 3 is 1.90 bits per heavy atom. The van der Waals surface area contributed by atoms with Gasteiger partial charge in [-0.15, -0.1) is 31.9 Å². The summed E-state index contributed by atoms with van der Waals surface area (Å²) in [6, 6.07) is 12.8. The van der Waals surface area contributed by atoms with Crippen LogP contribution in [0, 0.1) is 0 Å². The predicted molar refractivity (Wildman–Crippen MR) is 204 cm³/mol. The highest BCUT2D eigenvalue weighted by molar-refractivity contribution is 7.93. The van der Waals surface area contributed by atoms with Crippen LogP contribution in [0.4, 0.5) is 5.69 Å². The van der Waals surface area contributed by atoms with Crippen LogP contribution in [-0.2, 0) is 42.6 Å². The maximum atomic E-state index is 13.7. The number of carbonyl (C=O) groups is 2. The van der Waals surface area contributed by atoms with Crippen LogP contribution in [0.15, 0.2) is 63.7 Å². The van der Waals surface area contributed by atoms with Gasteiger partial charge in [0.05, 0.1) is 27.4 Å². The van der Waals surface area contributed by atoms with E-state index in [1.165, 1.54) is 61.8 Å². The molecule has 49 heavy (non-hydrogen) atoms. The summed E-state index contributed by atoms with van der Waals surface area (Å²) in [6.45, 7) is 9.90. The molecule has 11 nitrogen and oxygen atoms in total. The van der Waals surface area contributed by atoms with Gasteiger partial charge in [0, 0.05) is 21.7 Å². The van der Waals surface area contributed by atoms with Crippen LogP contribution in [0.1, 0.15) is 51.3 Å². The number of aryl methyl sites for hydroxylation is 1. The number of rotatable bonds is 13. The quantitative estimate of drug-likeness (QED) is 0.130. The largest absolute Gasteiger partial charge is 0.497 e. The van der Waals surface area contributed by atoms with E-state index in [0.29, 0.717) is 21.7 Å². The zero-order chi connectivity index (χ0) is 37.5. The number of carboxylic acids is 2. The molecule has 272 valence electrons. The molecule has 2 heterocycles. The van der Waals surface area contributed by atoms with Gasteiger partial charge in [0.25, 0.3) is 20.0 Å². The summed E-state index contributed by atoms with van der Waals surface area (Å²) in [5.41, 5.74) is 0.00797. The third-order valence-corrected chi connectivity index (χ3v) is 12.9. The Morgan fingerprint density at radius 2 is 1.41 bits per heavy atom. The third-order valence-electron chi connectivity index (χ3n) is 6.08. The second-order valence-electron chi connectivity index (χ2n) is 9.25. The lowest BCUT2D eigenvalue weighted by Crippen LogP contribution is -2.35. The Labute approximate surface area is 304 Å². The van der Waals surface area contributed by atoms with Crippen LogP contribution in [0.2, 0.25) is 5.02 Å². The number of anilines is 1. The van der Waals surface area contributed by atoms with Crippen molar-refractivity contribution in [3.05, 3.63) is 69.4 Å². The molecule has 2 aromatic carbocycles. The highest BCUT2D eigenvalue weighted by atomic mass is 35.5. The Morgan fingerprint density at radius 1 is 0.837 bits per heavy atom. The zero-order valence-corrected chi connectivity index (χ0v) is 33.6. The molecule has 2 N–H and O–H groups in total. The number of halogens is 1. The van der Waals surface area contributed by atoms with Gasteiger partial charge in [-0.3, -0.25) is 13.9 Å². The number of thiophene rings is 2. The molecule has 0 aliphatic rings. The van der Waals surface area contributed by atoms with Crippen molar-refractivity contribution in [3.8, 4) is 5.75 Å². The van der Waals surface area contributed by atoms with Crippen molar-refractivity contribution in [1.82, 2.24) is 4.31 Å². The zero-order valence-electron chi connectivity index (χ0n) is 28.5. The normalized spacial score (nSPS) is 11.0. The summed E-state index contributed by atoms with van der Waals surface area (Å²) in [7, 11) is -4.58. The van der Waals surface area contributed by atoms with Crippen LogP contribution >= 0.6 is 43.5 Å². The molecule has 1 unspecified atom stereocenters. The Hall–Kier alpha value is -2.78. The van der Waals surface area contributed by atoms with E-state index in [1.54, 1.807) is 6.07 Å². The standard InChI is InChI=1S/C26H25ClN2O9S4.C2H7P.2C2H6/c1-3-17-6-11-25(39-17)42(36,37)28(14-23(30)31)13-18-12-20-22(10-9-21(27)26(20)40-18)29(15-24(32)33)41(34,35)19-7-4-16(38-2)5-8-19;1-2-3;2*1-2/h4-12H,3,13-15H2,1-2H3,(H,30,31)(H,32,33);2-3H2,1H3;2*1-2H3. The van der Waals surface area contributed by atoms with E-state index in [4.69, 9.17) is 16.3 Å². The molecule has 0 spiro atoms. The lowest BCUT2D eigenvalue weighted by atomic mass is 10.2. The maximum absolute atomic E-state index is 13.7. The lowest BCUT2D eigenvalue weighted by molar-refractivity contribution is -0.137. The highest BCUT2D eigenvalue weighted by Gasteiger charge is 2.32. The van der Waals surface area contributed by atoms with Gasteiger partial charge >= 0.3 is 11.9 Å². The number of sulfonamides is 2. The van der Waals surface area contributed by atoms with E-state index in [0.717, 1.165) is 36.2 Å². The summed E-state index contributed by atoms with van der Waals surface area (Å²) in [4.78, 5) is 24.5.